The third kappa shape index (κ3) is 3.09. The van der Waals surface area contributed by atoms with Gasteiger partial charge in [0.25, 0.3) is 0 Å². The minimum Gasteiger partial charge on any atom is -0.497 e. The molecule has 1 aromatic rings. The first-order valence-corrected chi connectivity index (χ1v) is 5.79. The van der Waals surface area contributed by atoms with E-state index in [9.17, 15) is 0 Å². The van der Waals surface area contributed by atoms with Gasteiger partial charge < -0.3 is 9.53 Å². The Bertz CT molecular complexity index is 345. The minimum atomic E-state index is 0.707. The predicted octanol–water partition coefficient (Wildman–Crippen LogP) is 3.34. The second-order valence-corrected chi connectivity index (χ2v) is 4.09. The Morgan fingerprint density at radius 2 is 2.12 bits per heavy atom. The van der Waals surface area contributed by atoms with Crippen molar-refractivity contribution in [2.24, 2.45) is 0 Å². The molecule has 0 fully saturated rings. The van der Waals surface area contributed by atoms with Crippen LogP contribution in [0.1, 0.15) is 43.7 Å². The summed E-state index contributed by atoms with van der Waals surface area (Å²) in [7, 11) is 1.73. The van der Waals surface area contributed by atoms with Gasteiger partial charge in [-0.1, -0.05) is 13.0 Å². The van der Waals surface area contributed by atoms with E-state index in [1.54, 1.807) is 7.11 Å². The molecule has 0 N–H and O–H groups in total. The molecule has 0 spiro atoms. The number of benzene rings is 1. The predicted molar refractivity (Wildman–Crippen MR) is 66.1 cm³/mol. The third-order valence-electron chi connectivity index (χ3n) is 2.97. The van der Waals surface area contributed by atoms with Crippen LogP contribution in [-0.4, -0.2) is 13.4 Å². The van der Waals surface area contributed by atoms with E-state index in [2.05, 4.69) is 25.1 Å². The molecule has 0 bridgehead atoms. The highest BCUT2D eigenvalue weighted by Gasteiger charge is 2.16. The van der Waals surface area contributed by atoms with E-state index >= 15 is 0 Å². The Hall–Kier alpha value is -1.31. The molecule has 2 nitrogen and oxygen atoms in total. The van der Waals surface area contributed by atoms with Gasteiger partial charge in [-0.2, -0.15) is 0 Å². The quantitative estimate of drug-likeness (QED) is 0.678. The standard InChI is InChI=1S/C12H16O.C2H4O/c1-9-4-3-5-10-6-7-11(13-2)8-12(9)10;1-2-3/h6-9H,3-5H2,1-2H3;2H,1H3. The molecule has 1 aromatic carbocycles. The molecule has 1 aliphatic rings. The highest BCUT2D eigenvalue weighted by molar-refractivity contribution is 5.44. The van der Waals surface area contributed by atoms with Gasteiger partial charge in [-0.3, -0.25) is 0 Å². The topological polar surface area (TPSA) is 26.3 Å². The fourth-order valence-electron chi connectivity index (χ4n) is 2.14. The molecule has 0 heterocycles. The first kappa shape index (κ1) is 12.8. The van der Waals surface area contributed by atoms with Crippen LogP contribution in [0, 0.1) is 0 Å². The molecule has 1 atom stereocenters. The molecule has 0 saturated heterocycles. The van der Waals surface area contributed by atoms with E-state index in [0.29, 0.717) is 5.92 Å². The molecule has 16 heavy (non-hydrogen) atoms. The number of aryl methyl sites for hydroxylation is 1. The number of ether oxygens (including phenoxy) is 1. The summed E-state index contributed by atoms with van der Waals surface area (Å²) in [6, 6.07) is 6.47. The van der Waals surface area contributed by atoms with Crippen LogP contribution in [0.25, 0.3) is 0 Å². The van der Waals surface area contributed by atoms with Crippen LogP contribution in [0.5, 0.6) is 5.75 Å². The molecular formula is C14H20O2. The smallest absolute Gasteiger partial charge is 0.119 e. The highest BCUT2D eigenvalue weighted by atomic mass is 16.5. The molecule has 0 amide bonds. The van der Waals surface area contributed by atoms with Gasteiger partial charge in [0.05, 0.1) is 7.11 Å². The second kappa shape index (κ2) is 6.31. The highest BCUT2D eigenvalue weighted by Crippen LogP contribution is 2.33. The van der Waals surface area contributed by atoms with E-state index in [0.717, 1.165) is 12.0 Å². The van der Waals surface area contributed by atoms with Crippen molar-refractivity contribution in [3.8, 4) is 5.75 Å². The van der Waals surface area contributed by atoms with Crippen LogP contribution in [0.15, 0.2) is 18.2 Å². The number of aldehydes is 1. The lowest BCUT2D eigenvalue weighted by atomic mass is 9.84. The average molecular weight is 220 g/mol. The van der Waals surface area contributed by atoms with Gasteiger partial charge in [-0.05, 0) is 55.4 Å². The number of hydrogen-bond acceptors (Lipinski definition) is 2. The summed E-state index contributed by atoms with van der Waals surface area (Å²) in [6.07, 6.45) is 4.64. The lowest BCUT2D eigenvalue weighted by Gasteiger charge is -2.22. The van der Waals surface area contributed by atoms with Crippen molar-refractivity contribution in [2.75, 3.05) is 7.11 Å². The first-order chi connectivity index (χ1) is 7.72. The molecule has 1 unspecified atom stereocenters. The van der Waals surface area contributed by atoms with Crippen LogP contribution >= 0.6 is 0 Å². The average Bonchev–Trinajstić information content (AvgIpc) is 2.30. The Labute approximate surface area is 97.6 Å². The summed E-state index contributed by atoms with van der Waals surface area (Å²) < 4.78 is 5.23. The van der Waals surface area contributed by atoms with Gasteiger partial charge in [0.15, 0.2) is 0 Å². The van der Waals surface area contributed by atoms with Gasteiger partial charge in [0, 0.05) is 0 Å². The molecule has 88 valence electrons. The maximum atomic E-state index is 8.81. The summed E-state index contributed by atoms with van der Waals surface area (Å²) in [4.78, 5) is 8.81. The van der Waals surface area contributed by atoms with Gasteiger partial charge in [-0.15, -0.1) is 0 Å². The Morgan fingerprint density at radius 3 is 2.75 bits per heavy atom. The molecule has 1 aliphatic carbocycles. The maximum absolute atomic E-state index is 8.81. The van der Waals surface area contributed by atoms with Crippen LogP contribution < -0.4 is 4.74 Å². The molecule has 0 saturated carbocycles. The summed E-state index contributed by atoms with van der Waals surface area (Å²) in [5.41, 5.74) is 3.00. The first-order valence-electron chi connectivity index (χ1n) is 5.79. The zero-order chi connectivity index (χ0) is 12.0. The van der Waals surface area contributed by atoms with Crippen LogP contribution in [0.4, 0.5) is 0 Å². The van der Waals surface area contributed by atoms with E-state index in [4.69, 9.17) is 9.53 Å². The van der Waals surface area contributed by atoms with Crippen molar-refractivity contribution in [1.82, 2.24) is 0 Å². The zero-order valence-electron chi connectivity index (χ0n) is 10.3. The van der Waals surface area contributed by atoms with E-state index < -0.39 is 0 Å². The fraction of sp³-hybridized carbons (Fsp3) is 0.500. The normalized spacial score (nSPS) is 17.8. The Balaban J connectivity index is 0.000000386. The molecule has 2 heteroatoms. The lowest BCUT2D eigenvalue weighted by molar-refractivity contribution is -0.106. The number of carbonyl (C=O) groups excluding carboxylic acids is 1. The number of rotatable bonds is 1. The van der Waals surface area contributed by atoms with Crippen molar-refractivity contribution >= 4 is 6.29 Å². The van der Waals surface area contributed by atoms with Gasteiger partial charge >= 0.3 is 0 Å². The number of fused-ring (bicyclic) bond motifs is 1. The van der Waals surface area contributed by atoms with E-state index in [-0.39, 0.29) is 0 Å². The molecule has 0 aromatic heterocycles. The molecule has 0 aliphatic heterocycles. The lowest BCUT2D eigenvalue weighted by Crippen LogP contribution is -2.06. The van der Waals surface area contributed by atoms with Crippen molar-refractivity contribution < 1.29 is 9.53 Å². The summed E-state index contributed by atoms with van der Waals surface area (Å²) in [5, 5.41) is 0. The summed E-state index contributed by atoms with van der Waals surface area (Å²) >= 11 is 0. The largest absolute Gasteiger partial charge is 0.497 e. The SMILES string of the molecule is CC=O.COc1ccc2c(c1)C(C)CCC2. The third-order valence-corrected chi connectivity index (χ3v) is 2.97. The van der Waals surface area contributed by atoms with Crippen LogP contribution in [-0.2, 0) is 11.2 Å². The van der Waals surface area contributed by atoms with Crippen LogP contribution in [0.3, 0.4) is 0 Å². The van der Waals surface area contributed by atoms with Gasteiger partial charge in [-0.25, -0.2) is 0 Å². The van der Waals surface area contributed by atoms with Gasteiger partial charge in [0.2, 0.25) is 0 Å². The van der Waals surface area contributed by atoms with Crippen molar-refractivity contribution in [3.05, 3.63) is 29.3 Å². The minimum absolute atomic E-state index is 0.707. The van der Waals surface area contributed by atoms with E-state index in [1.165, 1.54) is 37.3 Å². The molecular weight excluding hydrogens is 200 g/mol. The number of hydrogen-bond donors (Lipinski definition) is 0. The number of methoxy groups -OCH3 is 1. The second-order valence-electron chi connectivity index (χ2n) is 4.09. The summed E-state index contributed by atoms with van der Waals surface area (Å²) in [6.45, 7) is 3.75. The zero-order valence-corrected chi connectivity index (χ0v) is 10.3. The van der Waals surface area contributed by atoms with Gasteiger partial charge in [0.1, 0.15) is 12.0 Å². The van der Waals surface area contributed by atoms with E-state index in [1.807, 2.05) is 0 Å². The van der Waals surface area contributed by atoms with Crippen molar-refractivity contribution in [1.29, 1.82) is 0 Å². The molecule has 2 rings (SSSR count). The molecule has 0 radical (unpaired) electrons. The van der Waals surface area contributed by atoms with Crippen molar-refractivity contribution in [2.45, 2.75) is 39.0 Å². The Kier molecular flexibility index (Phi) is 5.03. The monoisotopic (exact) mass is 220 g/mol. The Morgan fingerprint density at radius 1 is 1.44 bits per heavy atom. The maximum Gasteiger partial charge on any atom is 0.119 e. The fourth-order valence-corrected chi connectivity index (χ4v) is 2.14. The van der Waals surface area contributed by atoms with Crippen LogP contribution in [0.2, 0.25) is 0 Å². The van der Waals surface area contributed by atoms with Crippen molar-refractivity contribution in [3.63, 3.8) is 0 Å². The summed E-state index contributed by atoms with van der Waals surface area (Å²) in [5.74, 6) is 1.70. The number of carbonyl (C=O) groups is 1.